The van der Waals surface area contributed by atoms with E-state index in [0.717, 1.165) is 12.5 Å². The summed E-state index contributed by atoms with van der Waals surface area (Å²) in [6, 6.07) is 1.01. The minimum atomic E-state index is -0.649. The highest BCUT2D eigenvalue weighted by molar-refractivity contribution is 5.49. The van der Waals surface area contributed by atoms with Crippen LogP contribution in [0.5, 0.6) is 0 Å². The van der Waals surface area contributed by atoms with E-state index in [9.17, 15) is 8.78 Å². The van der Waals surface area contributed by atoms with Crippen LogP contribution in [0.25, 0.3) is 0 Å². The van der Waals surface area contributed by atoms with Crippen molar-refractivity contribution < 1.29 is 8.78 Å². The van der Waals surface area contributed by atoms with Crippen LogP contribution >= 0.6 is 0 Å². The van der Waals surface area contributed by atoms with Crippen LogP contribution in [0, 0.1) is 11.6 Å². The van der Waals surface area contributed by atoms with Gasteiger partial charge in [-0.2, -0.15) is 0 Å². The van der Waals surface area contributed by atoms with Gasteiger partial charge in [0.2, 0.25) is 0 Å². The van der Waals surface area contributed by atoms with E-state index in [1.807, 2.05) is 27.7 Å². The van der Waals surface area contributed by atoms with Crippen LogP contribution in [0.2, 0.25) is 0 Å². The molecule has 1 heterocycles. The van der Waals surface area contributed by atoms with Gasteiger partial charge in [0.25, 0.3) is 0 Å². The van der Waals surface area contributed by atoms with Crippen LogP contribution in [0.15, 0.2) is 6.07 Å². The van der Waals surface area contributed by atoms with Gasteiger partial charge in [0.15, 0.2) is 23.3 Å². The summed E-state index contributed by atoms with van der Waals surface area (Å²) in [7, 11) is 0. The molecule has 0 aliphatic carbocycles. The van der Waals surface area contributed by atoms with E-state index >= 15 is 0 Å². The van der Waals surface area contributed by atoms with Crippen LogP contribution in [0.4, 0.5) is 20.4 Å². The first-order valence-electron chi connectivity index (χ1n) is 6.37. The van der Waals surface area contributed by atoms with Crippen LogP contribution < -0.4 is 10.2 Å². The molecule has 0 bridgehead atoms. The summed E-state index contributed by atoms with van der Waals surface area (Å²) in [6.45, 7) is 9.04. The Kier molecular flexibility index (Phi) is 5.31. The number of hydrogen-bond donors (Lipinski definition) is 1. The summed E-state index contributed by atoms with van der Waals surface area (Å²) < 4.78 is 27.3. The third-order valence-electron chi connectivity index (χ3n) is 2.69. The minimum Gasteiger partial charge on any atom is -0.368 e. The second-order valence-electron chi connectivity index (χ2n) is 4.43. The van der Waals surface area contributed by atoms with Gasteiger partial charge in [0, 0.05) is 25.2 Å². The zero-order chi connectivity index (χ0) is 13.7. The zero-order valence-corrected chi connectivity index (χ0v) is 11.4. The highest BCUT2D eigenvalue weighted by Gasteiger charge is 2.18. The lowest BCUT2D eigenvalue weighted by Crippen LogP contribution is -2.32. The van der Waals surface area contributed by atoms with Crippen LogP contribution in [-0.2, 0) is 0 Å². The number of rotatable bonds is 6. The average molecular weight is 257 g/mol. The molecule has 0 saturated heterocycles. The fraction of sp³-hybridized carbons (Fsp3) is 0.615. The monoisotopic (exact) mass is 257 g/mol. The number of halogens is 2. The summed E-state index contributed by atoms with van der Waals surface area (Å²) >= 11 is 0. The number of nitrogens with zero attached hydrogens (tertiary/aromatic N) is 2. The van der Waals surface area contributed by atoms with E-state index in [-0.39, 0.29) is 17.7 Å². The predicted molar refractivity (Wildman–Crippen MR) is 71.1 cm³/mol. The molecular formula is C13H21F2N3. The molecule has 1 aromatic heterocycles. The first kappa shape index (κ1) is 14.7. The maximum atomic E-state index is 13.8. The van der Waals surface area contributed by atoms with Crippen molar-refractivity contribution in [3.8, 4) is 0 Å². The number of nitrogens with one attached hydrogen (secondary N) is 1. The molecule has 0 atom stereocenters. The van der Waals surface area contributed by atoms with Gasteiger partial charge in [0.1, 0.15) is 0 Å². The third kappa shape index (κ3) is 3.31. The molecule has 1 aromatic rings. The summed E-state index contributed by atoms with van der Waals surface area (Å²) in [5.41, 5.74) is 0. The third-order valence-corrected chi connectivity index (χ3v) is 2.69. The summed E-state index contributed by atoms with van der Waals surface area (Å²) in [5, 5.41) is 2.87. The average Bonchev–Trinajstić information content (AvgIpc) is 2.31. The van der Waals surface area contributed by atoms with Crippen molar-refractivity contribution in [3.05, 3.63) is 17.7 Å². The number of hydrogen-bond acceptors (Lipinski definition) is 3. The molecule has 0 fully saturated rings. The highest BCUT2D eigenvalue weighted by Crippen LogP contribution is 2.23. The summed E-state index contributed by atoms with van der Waals surface area (Å²) in [5.74, 6) is -0.950. The fourth-order valence-corrected chi connectivity index (χ4v) is 1.79. The van der Waals surface area contributed by atoms with Gasteiger partial charge >= 0.3 is 0 Å². The van der Waals surface area contributed by atoms with Crippen molar-refractivity contribution in [2.45, 2.75) is 40.2 Å². The van der Waals surface area contributed by atoms with E-state index in [1.165, 1.54) is 0 Å². The Morgan fingerprint density at radius 1 is 1.28 bits per heavy atom. The Labute approximate surface area is 107 Å². The van der Waals surface area contributed by atoms with Gasteiger partial charge < -0.3 is 10.2 Å². The smallest absolute Gasteiger partial charge is 0.168 e. The lowest BCUT2D eigenvalue weighted by Gasteiger charge is -2.27. The Bertz CT molecular complexity index is 394. The van der Waals surface area contributed by atoms with E-state index in [4.69, 9.17) is 0 Å². The maximum Gasteiger partial charge on any atom is 0.168 e. The molecule has 0 aromatic carbocycles. The first-order chi connectivity index (χ1) is 8.51. The molecule has 0 aliphatic heterocycles. The number of pyridine rings is 1. The van der Waals surface area contributed by atoms with Gasteiger partial charge in [-0.3, -0.25) is 0 Å². The van der Waals surface area contributed by atoms with Crippen molar-refractivity contribution >= 4 is 11.6 Å². The molecule has 1 N–H and O–H groups in total. The van der Waals surface area contributed by atoms with Crippen molar-refractivity contribution in [2.24, 2.45) is 0 Å². The predicted octanol–water partition coefficient (Wildman–Crippen LogP) is 3.42. The maximum absolute atomic E-state index is 13.8. The lowest BCUT2D eigenvalue weighted by atomic mass is 10.3. The quantitative estimate of drug-likeness (QED) is 0.846. The standard InChI is InChI=1S/C13H21F2N3/c1-5-7-16-12-10(14)8-11(15)13(17-12)18(6-2)9(3)4/h8-9H,5-7H2,1-4H3,(H,16,17). The summed E-state index contributed by atoms with van der Waals surface area (Å²) in [4.78, 5) is 5.86. The van der Waals surface area contributed by atoms with Crippen LogP contribution in [0.3, 0.4) is 0 Å². The van der Waals surface area contributed by atoms with Crippen molar-refractivity contribution in [1.29, 1.82) is 0 Å². The van der Waals surface area contributed by atoms with E-state index < -0.39 is 11.6 Å². The normalized spacial score (nSPS) is 10.8. The van der Waals surface area contributed by atoms with Gasteiger partial charge in [0.05, 0.1) is 0 Å². The fourth-order valence-electron chi connectivity index (χ4n) is 1.79. The Morgan fingerprint density at radius 3 is 2.44 bits per heavy atom. The van der Waals surface area contributed by atoms with Crippen molar-refractivity contribution in [2.75, 3.05) is 23.3 Å². The van der Waals surface area contributed by atoms with Gasteiger partial charge in [-0.25, -0.2) is 13.8 Å². The van der Waals surface area contributed by atoms with E-state index in [2.05, 4.69) is 10.3 Å². The Hall–Kier alpha value is -1.39. The molecule has 1 rings (SSSR count). The molecule has 0 spiro atoms. The largest absolute Gasteiger partial charge is 0.368 e. The molecular weight excluding hydrogens is 236 g/mol. The van der Waals surface area contributed by atoms with Gasteiger partial charge in [-0.1, -0.05) is 6.92 Å². The molecule has 18 heavy (non-hydrogen) atoms. The SMILES string of the molecule is CCCNc1nc(N(CC)C(C)C)c(F)cc1F. The van der Waals surface area contributed by atoms with Crippen LogP contribution in [0.1, 0.15) is 34.1 Å². The molecule has 0 radical (unpaired) electrons. The first-order valence-corrected chi connectivity index (χ1v) is 6.37. The lowest BCUT2D eigenvalue weighted by molar-refractivity contribution is 0.562. The molecule has 0 aliphatic rings. The number of anilines is 2. The van der Waals surface area contributed by atoms with Crippen molar-refractivity contribution in [1.82, 2.24) is 4.98 Å². The Balaban J connectivity index is 3.10. The van der Waals surface area contributed by atoms with E-state index in [1.54, 1.807) is 4.90 Å². The Morgan fingerprint density at radius 2 is 1.94 bits per heavy atom. The van der Waals surface area contributed by atoms with Crippen molar-refractivity contribution in [3.63, 3.8) is 0 Å². The minimum absolute atomic E-state index is 0.112. The van der Waals surface area contributed by atoms with Gasteiger partial charge in [-0.05, 0) is 27.2 Å². The van der Waals surface area contributed by atoms with E-state index in [0.29, 0.717) is 13.1 Å². The molecule has 3 nitrogen and oxygen atoms in total. The highest BCUT2D eigenvalue weighted by atomic mass is 19.1. The van der Waals surface area contributed by atoms with Crippen LogP contribution in [-0.4, -0.2) is 24.1 Å². The molecule has 0 amide bonds. The van der Waals surface area contributed by atoms with Gasteiger partial charge in [-0.15, -0.1) is 0 Å². The topological polar surface area (TPSA) is 28.2 Å². The molecule has 5 heteroatoms. The summed E-state index contributed by atoms with van der Waals surface area (Å²) in [6.07, 6.45) is 0.857. The molecule has 0 saturated carbocycles. The zero-order valence-electron chi connectivity index (χ0n) is 11.4. The second-order valence-corrected chi connectivity index (χ2v) is 4.43. The molecule has 102 valence electrons. The number of aromatic nitrogens is 1. The second kappa shape index (κ2) is 6.52. The molecule has 0 unspecified atom stereocenters.